The quantitative estimate of drug-likeness (QED) is 0.845. The molecule has 2 aliphatic heterocycles. The van der Waals surface area contributed by atoms with Crippen LogP contribution in [0, 0.1) is 0 Å². The first-order chi connectivity index (χ1) is 11.8. The number of thiophene rings is 1. The van der Waals surface area contributed by atoms with E-state index < -0.39 is 0 Å². The van der Waals surface area contributed by atoms with E-state index in [1.165, 1.54) is 5.56 Å². The van der Waals surface area contributed by atoms with Gasteiger partial charge < -0.3 is 14.4 Å². The highest BCUT2D eigenvalue weighted by Crippen LogP contribution is 2.24. The van der Waals surface area contributed by atoms with Crippen molar-refractivity contribution in [2.75, 3.05) is 26.3 Å². The molecule has 7 heteroatoms. The Labute approximate surface area is 145 Å². The molecule has 0 saturated carbocycles. The molecule has 0 aliphatic carbocycles. The van der Waals surface area contributed by atoms with Gasteiger partial charge in [-0.2, -0.15) is 16.4 Å². The van der Waals surface area contributed by atoms with Gasteiger partial charge in [0.25, 0.3) is 0 Å². The Morgan fingerprint density at radius 3 is 2.71 bits per heavy atom. The van der Waals surface area contributed by atoms with Crippen LogP contribution in [0.2, 0.25) is 0 Å². The van der Waals surface area contributed by atoms with Crippen LogP contribution in [0.1, 0.15) is 18.0 Å². The first-order valence-electron chi connectivity index (χ1n) is 8.31. The number of fused-ring (bicyclic) bond motifs is 1. The minimum atomic E-state index is -0.0318. The fourth-order valence-corrected chi connectivity index (χ4v) is 3.98. The minimum absolute atomic E-state index is 0.0318. The van der Waals surface area contributed by atoms with Gasteiger partial charge in [0.05, 0.1) is 19.3 Å². The van der Waals surface area contributed by atoms with Gasteiger partial charge in [-0.25, -0.2) is 0 Å². The van der Waals surface area contributed by atoms with Gasteiger partial charge in [-0.15, -0.1) is 0 Å². The lowest BCUT2D eigenvalue weighted by Gasteiger charge is -2.19. The van der Waals surface area contributed by atoms with Crippen molar-refractivity contribution in [1.29, 1.82) is 0 Å². The molecule has 2 aliphatic rings. The van der Waals surface area contributed by atoms with Crippen molar-refractivity contribution >= 4 is 17.2 Å². The average molecular weight is 347 g/mol. The van der Waals surface area contributed by atoms with Gasteiger partial charge >= 0.3 is 0 Å². The van der Waals surface area contributed by atoms with Crippen molar-refractivity contribution < 1.29 is 14.3 Å². The Morgan fingerprint density at radius 2 is 2.08 bits per heavy atom. The molecule has 0 bridgehead atoms. The van der Waals surface area contributed by atoms with Crippen molar-refractivity contribution in [2.45, 2.75) is 31.1 Å². The maximum atomic E-state index is 12.4. The molecule has 1 amide bonds. The van der Waals surface area contributed by atoms with Gasteiger partial charge in [0.1, 0.15) is 12.2 Å². The summed E-state index contributed by atoms with van der Waals surface area (Å²) in [5, 5.41) is 8.41. The molecule has 2 fully saturated rings. The van der Waals surface area contributed by atoms with Crippen LogP contribution in [-0.4, -0.2) is 59.1 Å². The molecule has 0 spiro atoms. The molecular weight excluding hydrogens is 326 g/mol. The van der Waals surface area contributed by atoms with E-state index in [2.05, 4.69) is 16.5 Å². The van der Waals surface area contributed by atoms with Crippen LogP contribution in [0.5, 0.6) is 0 Å². The maximum absolute atomic E-state index is 12.4. The third-order valence-electron chi connectivity index (χ3n) is 4.68. The molecule has 4 heterocycles. The molecule has 0 N–H and O–H groups in total. The van der Waals surface area contributed by atoms with E-state index >= 15 is 0 Å². The highest BCUT2D eigenvalue weighted by molar-refractivity contribution is 7.07. The Balaban J connectivity index is 1.30. The second-order valence-electron chi connectivity index (χ2n) is 6.31. The molecule has 2 aromatic heterocycles. The second kappa shape index (κ2) is 7.04. The summed E-state index contributed by atoms with van der Waals surface area (Å²) in [6, 6.07) is 4.08. The van der Waals surface area contributed by atoms with E-state index in [1.807, 2.05) is 27.2 Å². The van der Waals surface area contributed by atoms with Crippen LogP contribution in [0.4, 0.5) is 0 Å². The van der Waals surface area contributed by atoms with Crippen molar-refractivity contribution in [1.82, 2.24) is 14.7 Å². The first kappa shape index (κ1) is 15.8. The fraction of sp³-hybridized carbons (Fsp3) is 0.529. The number of aromatic nitrogens is 2. The Morgan fingerprint density at radius 1 is 1.29 bits per heavy atom. The molecule has 24 heavy (non-hydrogen) atoms. The number of hydrogen-bond donors (Lipinski definition) is 0. The maximum Gasteiger partial charge on any atom is 0.223 e. The minimum Gasteiger partial charge on any atom is -0.371 e. The van der Waals surface area contributed by atoms with Crippen LogP contribution in [0.3, 0.4) is 0 Å². The number of hydrogen-bond acceptors (Lipinski definition) is 5. The SMILES string of the molecule is O=C(CCc1ccsc1)N1C[C@@H]2OCC(n3cccn3)CO[C@H]2C1. The Bertz CT molecular complexity index is 643. The van der Waals surface area contributed by atoms with E-state index in [1.54, 1.807) is 17.5 Å². The predicted molar refractivity (Wildman–Crippen MR) is 90.0 cm³/mol. The number of nitrogens with zero attached hydrogens (tertiary/aromatic N) is 3. The summed E-state index contributed by atoms with van der Waals surface area (Å²) in [7, 11) is 0. The van der Waals surface area contributed by atoms with Crippen molar-refractivity contribution in [2.24, 2.45) is 0 Å². The van der Waals surface area contributed by atoms with Gasteiger partial charge in [-0.1, -0.05) is 0 Å². The monoisotopic (exact) mass is 347 g/mol. The molecular formula is C17H21N3O3S. The fourth-order valence-electron chi connectivity index (χ4n) is 3.28. The predicted octanol–water partition coefficient (Wildman–Crippen LogP) is 1.74. The largest absolute Gasteiger partial charge is 0.371 e. The first-order valence-corrected chi connectivity index (χ1v) is 9.25. The van der Waals surface area contributed by atoms with Gasteiger partial charge in [-0.3, -0.25) is 9.48 Å². The third-order valence-corrected chi connectivity index (χ3v) is 5.41. The lowest BCUT2D eigenvalue weighted by Crippen LogP contribution is -2.31. The number of aryl methyl sites for hydroxylation is 1. The Kier molecular flexibility index (Phi) is 4.64. The smallest absolute Gasteiger partial charge is 0.223 e. The molecule has 0 aromatic carbocycles. The van der Waals surface area contributed by atoms with Gasteiger partial charge in [0, 0.05) is 31.9 Å². The summed E-state index contributed by atoms with van der Waals surface area (Å²) in [6.45, 7) is 2.39. The van der Waals surface area contributed by atoms with Crippen molar-refractivity contribution in [3.05, 3.63) is 40.8 Å². The van der Waals surface area contributed by atoms with Crippen molar-refractivity contribution in [3.8, 4) is 0 Å². The highest BCUT2D eigenvalue weighted by Gasteiger charge is 2.39. The summed E-state index contributed by atoms with van der Waals surface area (Å²) in [6.07, 6.45) is 4.98. The molecule has 128 valence electrons. The number of ether oxygens (including phenoxy) is 2. The summed E-state index contributed by atoms with van der Waals surface area (Å²) in [4.78, 5) is 14.3. The average Bonchev–Trinajstić information content (AvgIpc) is 3.34. The zero-order valence-electron chi connectivity index (χ0n) is 13.4. The number of rotatable bonds is 4. The zero-order chi connectivity index (χ0) is 16.4. The van der Waals surface area contributed by atoms with Crippen molar-refractivity contribution in [3.63, 3.8) is 0 Å². The summed E-state index contributed by atoms with van der Waals surface area (Å²) in [5.74, 6) is 0.185. The van der Waals surface area contributed by atoms with E-state index in [4.69, 9.17) is 9.47 Å². The van der Waals surface area contributed by atoms with Gasteiger partial charge in [-0.05, 0) is 34.9 Å². The highest BCUT2D eigenvalue weighted by atomic mass is 32.1. The molecule has 2 saturated heterocycles. The van der Waals surface area contributed by atoms with E-state index in [0.29, 0.717) is 32.7 Å². The number of amides is 1. The summed E-state index contributed by atoms with van der Waals surface area (Å²) in [5.41, 5.74) is 1.23. The van der Waals surface area contributed by atoms with E-state index in [0.717, 1.165) is 6.42 Å². The topological polar surface area (TPSA) is 56.6 Å². The van der Waals surface area contributed by atoms with E-state index in [9.17, 15) is 4.79 Å². The molecule has 4 rings (SSSR count). The molecule has 0 radical (unpaired) electrons. The molecule has 6 nitrogen and oxygen atoms in total. The third kappa shape index (κ3) is 3.38. The number of carbonyl (C=O) groups is 1. The van der Waals surface area contributed by atoms with Crippen LogP contribution >= 0.6 is 11.3 Å². The van der Waals surface area contributed by atoms with Gasteiger partial charge in [0.2, 0.25) is 5.91 Å². The van der Waals surface area contributed by atoms with Gasteiger partial charge in [0.15, 0.2) is 0 Å². The summed E-state index contributed by atoms with van der Waals surface area (Å²) < 4.78 is 13.9. The lowest BCUT2D eigenvalue weighted by molar-refractivity contribution is -0.131. The van der Waals surface area contributed by atoms with Crippen LogP contribution in [-0.2, 0) is 20.7 Å². The standard InChI is InChI=1S/C17H21N3O3S/c21-17(3-2-13-4-7-24-12-13)19-8-15-16(9-19)23-11-14(10-22-15)20-6-1-5-18-20/h1,4-7,12,14-16H,2-3,8-11H2/t15-,16-/m0/s1. The number of likely N-dealkylation sites (tertiary alicyclic amines) is 1. The number of carbonyl (C=O) groups excluding carboxylic acids is 1. The van der Waals surface area contributed by atoms with E-state index in [-0.39, 0.29) is 24.2 Å². The van der Waals surface area contributed by atoms with Crippen LogP contribution in [0.15, 0.2) is 35.3 Å². The molecule has 2 atom stereocenters. The van der Waals surface area contributed by atoms with Crippen LogP contribution in [0.25, 0.3) is 0 Å². The molecule has 2 aromatic rings. The Hall–Kier alpha value is -1.70. The zero-order valence-corrected chi connectivity index (χ0v) is 14.2. The normalized spacial score (nSPS) is 24.8. The lowest BCUT2D eigenvalue weighted by atomic mass is 10.2. The second-order valence-corrected chi connectivity index (χ2v) is 7.09. The molecule has 0 unspecified atom stereocenters. The van der Waals surface area contributed by atoms with Crippen LogP contribution < -0.4 is 0 Å². The summed E-state index contributed by atoms with van der Waals surface area (Å²) >= 11 is 1.67.